The second-order valence-corrected chi connectivity index (χ2v) is 5.56. The summed E-state index contributed by atoms with van der Waals surface area (Å²) in [6.45, 7) is 0.0938. The average molecular weight is 373 g/mol. The molecule has 1 amide bonds. The molecule has 0 aliphatic heterocycles. The maximum absolute atomic E-state index is 13.7. The third-order valence-electron chi connectivity index (χ3n) is 2.82. The molecule has 1 aromatic heterocycles. The lowest BCUT2D eigenvalue weighted by Gasteiger charge is -2.16. The Balaban J connectivity index is 2.04. The third-order valence-corrected chi connectivity index (χ3v) is 3.60. The predicted octanol–water partition coefficient (Wildman–Crippen LogP) is 4.51. The number of hydrogen-bond donors (Lipinski definition) is 0. The van der Waals surface area contributed by atoms with Gasteiger partial charge in [0.1, 0.15) is 11.6 Å². The largest absolute Gasteiger partial charge is 0.450 e. The highest BCUT2D eigenvalue weighted by atomic mass is 79.9. The topological polar surface area (TPSA) is 33.5 Å². The van der Waals surface area contributed by atoms with Crippen LogP contribution in [0.4, 0.5) is 4.39 Å². The van der Waals surface area contributed by atoms with Gasteiger partial charge in [-0.3, -0.25) is 4.79 Å². The molecular formula is C15H12BrClFNO2. The van der Waals surface area contributed by atoms with E-state index in [0.29, 0.717) is 21.0 Å². The second-order valence-electron chi connectivity index (χ2n) is 4.37. The van der Waals surface area contributed by atoms with Crippen LogP contribution in [0.5, 0.6) is 0 Å². The van der Waals surface area contributed by atoms with Crippen molar-refractivity contribution in [2.75, 3.05) is 7.05 Å². The van der Waals surface area contributed by atoms with Crippen LogP contribution in [-0.2, 0) is 11.3 Å². The molecule has 0 bridgehead atoms. The van der Waals surface area contributed by atoms with E-state index in [9.17, 15) is 9.18 Å². The smallest absolute Gasteiger partial charge is 0.246 e. The van der Waals surface area contributed by atoms with Gasteiger partial charge in [-0.2, -0.15) is 0 Å². The molecule has 6 heteroatoms. The lowest BCUT2D eigenvalue weighted by atomic mass is 10.2. The minimum Gasteiger partial charge on any atom is -0.450 e. The van der Waals surface area contributed by atoms with Gasteiger partial charge >= 0.3 is 0 Å². The quantitative estimate of drug-likeness (QED) is 0.740. The predicted molar refractivity (Wildman–Crippen MR) is 83.3 cm³/mol. The lowest BCUT2D eigenvalue weighted by molar-refractivity contribution is -0.125. The lowest BCUT2D eigenvalue weighted by Crippen LogP contribution is -2.24. The molecule has 1 aromatic carbocycles. The summed E-state index contributed by atoms with van der Waals surface area (Å²) in [5.74, 6) is -0.157. The Kier molecular flexibility index (Phi) is 5.20. The fourth-order valence-electron chi connectivity index (χ4n) is 1.70. The summed E-state index contributed by atoms with van der Waals surface area (Å²) in [7, 11) is 1.58. The van der Waals surface area contributed by atoms with Gasteiger partial charge in [0.25, 0.3) is 0 Å². The molecule has 3 nitrogen and oxygen atoms in total. The van der Waals surface area contributed by atoms with Crippen LogP contribution < -0.4 is 0 Å². The molecule has 1 heterocycles. The Morgan fingerprint density at radius 1 is 1.43 bits per heavy atom. The minimum atomic E-state index is -0.430. The SMILES string of the molecule is CN(Cc1c(F)cccc1Cl)C(=O)C=Cc1ccc(Br)o1. The standard InChI is InChI=1S/C15H12BrClFNO2/c1-19(9-11-12(17)3-2-4-13(11)18)15(20)8-6-10-5-7-14(16)21-10/h2-8H,9H2,1H3. The van der Waals surface area contributed by atoms with Gasteiger partial charge in [0, 0.05) is 30.3 Å². The van der Waals surface area contributed by atoms with Gasteiger partial charge in [-0.25, -0.2) is 4.39 Å². The van der Waals surface area contributed by atoms with Crippen molar-refractivity contribution in [2.45, 2.75) is 6.54 Å². The van der Waals surface area contributed by atoms with Gasteiger partial charge in [0.2, 0.25) is 5.91 Å². The number of benzene rings is 1. The number of halogens is 3. The maximum Gasteiger partial charge on any atom is 0.246 e. The first-order valence-electron chi connectivity index (χ1n) is 6.09. The zero-order valence-electron chi connectivity index (χ0n) is 11.1. The summed E-state index contributed by atoms with van der Waals surface area (Å²) in [6.07, 6.45) is 2.91. The van der Waals surface area contributed by atoms with E-state index in [1.54, 1.807) is 31.3 Å². The molecule has 0 N–H and O–H groups in total. The molecule has 0 aliphatic carbocycles. The second kappa shape index (κ2) is 6.91. The number of amides is 1. The van der Waals surface area contributed by atoms with E-state index in [1.165, 1.54) is 23.1 Å². The molecule has 2 rings (SSSR count). The summed E-state index contributed by atoms with van der Waals surface area (Å²) < 4.78 is 19.5. The molecular weight excluding hydrogens is 361 g/mol. The van der Waals surface area contributed by atoms with Crippen molar-refractivity contribution in [3.8, 4) is 0 Å². The number of nitrogens with zero attached hydrogens (tertiary/aromatic N) is 1. The van der Waals surface area contributed by atoms with Crippen molar-refractivity contribution in [3.05, 3.63) is 63.2 Å². The van der Waals surface area contributed by atoms with Gasteiger partial charge in [-0.15, -0.1) is 0 Å². The molecule has 0 saturated heterocycles. The zero-order chi connectivity index (χ0) is 15.4. The first-order chi connectivity index (χ1) is 9.97. The van der Waals surface area contributed by atoms with Crippen LogP contribution in [-0.4, -0.2) is 17.9 Å². The number of rotatable bonds is 4. The molecule has 21 heavy (non-hydrogen) atoms. The Morgan fingerprint density at radius 3 is 2.81 bits per heavy atom. The molecule has 110 valence electrons. The highest BCUT2D eigenvalue weighted by molar-refractivity contribution is 9.10. The maximum atomic E-state index is 13.7. The van der Waals surface area contributed by atoms with Crippen LogP contribution in [0.1, 0.15) is 11.3 Å². The highest BCUT2D eigenvalue weighted by Crippen LogP contribution is 2.20. The van der Waals surface area contributed by atoms with E-state index in [2.05, 4.69) is 15.9 Å². The molecule has 0 atom stereocenters. The first-order valence-corrected chi connectivity index (χ1v) is 7.26. The van der Waals surface area contributed by atoms with Crippen LogP contribution in [0.25, 0.3) is 6.08 Å². The number of carbonyl (C=O) groups excluding carboxylic acids is 1. The van der Waals surface area contributed by atoms with Crippen molar-refractivity contribution in [1.82, 2.24) is 4.90 Å². The van der Waals surface area contributed by atoms with E-state index in [4.69, 9.17) is 16.0 Å². The molecule has 0 spiro atoms. The fourth-order valence-corrected chi connectivity index (χ4v) is 2.24. The van der Waals surface area contributed by atoms with E-state index >= 15 is 0 Å². The van der Waals surface area contributed by atoms with Gasteiger partial charge in [-0.05, 0) is 46.3 Å². The Hall–Kier alpha value is -1.59. The molecule has 0 radical (unpaired) electrons. The van der Waals surface area contributed by atoms with Gasteiger partial charge in [-0.1, -0.05) is 17.7 Å². The van der Waals surface area contributed by atoms with Crippen molar-refractivity contribution in [3.63, 3.8) is 0 Å². The van der Waals surface area contributed by atoms with Crippen molar-refractivity contribution in [1.29, 1.82) is 0 Å². The number of likely N-dealkylation sites (N-methyl/N-ethyl adjacent to an activating group) is 1. The Morgan fingerprint density at radius 2 is 2.19 bits per heavy atom. The van der Waals surface area contributed by atoms with Gasteiger partial charge < -0.3 is 9.32 Å². The Bertz CT molecular complexity index is 664. The molecule has 0 saturated carbocycles. The van der Waals surface area contributed by atoms with Gasteiger partial charge in [0.15, 0.2) is 4.67 Å². The molecule has 0 aliphatic rings. The number of hydrogen-bond acceptors (Lipinski definition) is 2. The molecule has 0 fully saturated rings. The number of carbonyl (C=O) groups is 1. The van der Waals surface area contributed by atoms with Crippen molar-refractivity contribution >= 4 is 39.5 Å². The molecule has 0 unspecified atom stereocenters. The van der Waals surface area contributed by atoms with E-state index in [-0.39, 0.29) is 12.5 Å². The summed E-state index contributed by atoms with van der Waals surface area (Å²) >= 11 is 9.11. The van der Waals surface area contributed by atoms with Crippen LogP contribution in [0.3, 0.4) is 0 Å². The van der Waals surface area contributed by atoms with E-state index in [1.807, 2.05) is 0 Å². The average Bonchev–Trinajstić information content (AvgIpc) is 2.86. The van der Waals surface area contributed by atoms with Crippen LogP contribution in [0.15, 0.2) is 45.5 Å². The molecule has 2 aromatic rings. The van der Waals surface area contributed by atoms with Crippen molar-refractivity contribution < 1.29 is 13.6 Å². The highest BCUT2D eigenvalue weighted by Gasteiger charge is 2.12. The summed E-state index contributed by atoms with van der Waals surface area (Å²) in [5, 5.41) is 0.300. The van der Waals surface area contributed by atoms with Crippen molar-refractivity contribution in [2.24, 2.45) is 0 Å². The third kappa shape index (κ3) is 4.19. The minimum absolute atomic E-state index is 0.0938. The summed E-state index contributed by atoms with van der Waals surface area (Å²) in [5.41, 5.74) is 0.296. The van der Waals surface area contributed by atoms with Crippen LogP contribution >= 0.6 is 27.5 Å². The Labute approximate surface area is 135 Å². The zero-order valence-corrected chi connectivity index (χ0v) is 13.5. The monoisotopic (exact) mass is 371 g/mol. The normalized spacial score (nSPS) is 11.0. The van der Waals surface area contributed by atoms with Gasteiger partial charge in [0.05, 0.1) is 0 Å². The van der Waals surface area contributed by atoms with E-state index < -0.39 is 5.82 Å². The number of furan rings is 1. The first kappa shape index (κ1) is 15.8. The van der Waals surface area contributed by atoms with E-state index in [0.717, 1.165) is 0 Å². The van der Waals surface area contributed by atoms with Crippen LogP contribution in [0.2, 0.25) is 5.02 Å². The summed E-state index contributed by atoms with van der Waals surface area (Å²) in [6, 6.07) is 7.89. The van der Waals surface area contributed by atoms with Crippen LogP contribution in [0, 0.1) is 5.82 Å². The summed E-state index contributed by atoms with van der Waals surface area (Å²) in [4.78, 5) is 13.3. The fraction of sp³-hybridized carbons (Fsp3) is 0.133.